The van der Waals surface area contributed by atoms with Crippen LogP contribution in [-0.2, 0) is 4.79 Å². The van der Waals surface area contributed by atoms with Crippen LogP contribution in [0.5, 0.6) is 11.5 Å². The van der Waals surface area contributed by atoms with Crippen molar-refractivity contribution in [2.45, 2.75) is 64.4 Å². The first kappa shape index (κ1) is 16.9. The molecular formula is C20H27NO3. The minimum atomic E-state index is 0.246. The molecule has 130 valence electrons. The van der Waals surface area contributed by atoms with Crippen molar-refractivity contribution in [3.05, 3.63) is 29.5 Å². The van der Waals surface area contributed by atoms with Gasteiger partial charge in [0.25, 0.3) is 0 Å². The fourth-order valence-corrected chi connectivity index (χ4v) is 3.51. The Bertz CT molecular complexity index is 630. The van der Waals surface area contributed by atoms with Gasteiger partial charge in [-0.25, -0.2) is 0 Å². The number of rotatable bonds is 5. The van der Waals surface area contributed by atoms with E-state index in [1.807, 2.05) is 25.1 Å². The van der Waals surface area contributed by atoms with Crippen molar-refractivity contribution in [2.75, 3.05) is 12.4 Å². The monoisotopic (exact) mass is 329 g/mol. The first-order valence-electron chi connectivity index (χ1n) is 9.02. The van der Waals surface area contributed by atoms with Gasteiger partial charge in [-0.1, -0.05) is 6.42 Å². The van der Waals surface area contributed by atoms with E-state index in [0.717, 1.165) is 54.1 Å². The Hall–Kier alpha value is -1.97. The summed E-state index contributed by atoms with van der Waals surface area (Å²) in [5.41, 5.74) is 2.83. The highest BCUT2D eigenvalue weighted by Crippen LogP contribution is 2.34. The minimum Gasteiger partial charge on any atom is -0.493 e. The normalized spacial score (nSPS) is 19.3. The molecule has 24 heavy (non-hydrogen) atoms. The predicted octanol–water partition coefficient (Wildman–Crippen LogP) is 4.85. The Morgan fingerprint density at radius 3 is 2.58 bits per heavy atom. The maximum absolute atomic E-state index is 11.9. The number of carbonyl (C=O) groups is 1. The van der Waals surface area contributed by atoms with E-state index >= 15 is 0 Å². The van der Waals surface area contributed by atoms with Gasteiger partial charge in [-0.15, -0.1) is 0 Å². The number of carbonyl (C=O) groups excluding carboxylic acids is 1. The maximum atomic E-state index is 11.9. The molecule has 1 aromatic carbocycles. The highest BCUT2D eigenvalue weighted by Gasteiger charge is 2.19. The Kier molecular flexibility index (Phi) is 5.44. The number of nitrogens with one attached hydrogen (secondary N) is 1. The molecule has 0 aromatic heterocycles. The third-order valence-electron chi connectivity index (χ3n) is 5.01. The first-order valence-corrected chi connectivity index (χ1v) is 9.02. The van der Waals surface area contributed by atoms with Crippen LogP contribution < -0.4 is 14.8 Å². The van der Waals surface area contributed by atoms with Crippen molar-refractivity contribution < 1.29 is 14.3 Å². The molecule has 1 fully saturated rings. The number of Topliss-reactive ketones (excluding diaryl/α,β-unsaturated/α-hetero) is 1. The summed E-state index contributed by atoms with van der Waals surface area (Å²) in [5, 5.41) is 3.41. The fourth-order valence-electron chi connectivity index (χ4n) is 3.51. The molecule has 0 aliphatic heterocycles. The van der Waals surface area contributed by atoms with Crippen molar-refractivity contribution in [1.82, 2.24) is 0 Å². The van der Waals surface area contributed by atoms with Gasteiger partial charge in [-0.3, -0.25) is 4.79 Å². The van der Waals surface area contributed by atoms with Crippen molar-refractivity contribution >= 4 is 11.5 Å². The first-order chi connectivity index (χ1) is 11.7. The van der Waals surface area contributed by atoms with Crippen LogP contribution in [0.15, 0.2) is 29.5 Å². The summed E-state index contributed by atoms with van der Waals surface area (Å²) in [6.07, 6.45) is 8.77. The van der Waals surface area contributed by atoms with E-state index in [1.54, 1.807) is 7.11 Å². The van der Waals surface area contributed by atoms with Crippen LogP contribution in [0.2, 0.25) is 0 Å². The van der Waals surface area contributed by atoms with Gasteiger partial charge in [0.2, 0.25) is 0 Å². The Balaban J connectivity index is 1.78. The molecule has 0 atom stereocenters. The predicted molar refractivity (Wildman–Crippen MR) is 95.7 cm³/mol. The summed E-state index contributed by atoms with van der Waals surface area (Å²) in [6, 6.07) is 5.90. The van der Waals surface area contributed by atoms with Crippen molar-refractivity contribution in [1.29, 1.82) is 0 Å². The van der Waals surface area contributed by atoms with Gasteiger partial charge in [-0.05, 0) is 57.6 Å². The van der Waals surface area contributed by atoms with Gasteiger partial charge in [0.15, 0.2) is 17.3 Å². The van der Waals surface area contributed by atoms with Crippen molar-refractivity contribution in [3.63, 3.8) is 0 Å². The van der Waals surface area contributed by atoms with Gasteiger partial charge >= 0.3 is 0 Å². The number of anilines is 1. The molecule has 0 spiro atoms. The van der Waals surface area contributed by atoms with Crippen LogP contribution in [-0.4, -0.2) is 19.0 Å². The molecule has 0 heterocycles. The molecule has 0 saturated heterocycles. The summed E-state index contributed by atoms with van der Waals surface area (Å²) >= 11 is 0. The van der Waals surface area contributed by atoms with E-state index in [9.17, 15) is 4.79 Å². The Labute approximate surface area is 144 Å². The van der Waals surface area contributed by atoms with Gasteiger partial charge in [0.05, 0.1) is 13.2 Å². The zero-order valence-corrected chi connectivity index (χ0v) is 14.7. The topological polar surface area (TPSA) is 47.6 Å². The van der Waals surface area contributed by atoms with Crippen molar-refractivity contribution in [2.24, 2.45) is 0 Å². The second kappa shape index (κ2) is 7.73. The largest absolute Gasteiger partial charge is 0.493 e. The average molecular weight is 329 g/mol. The fraction of sp³-hybridized carbons (Fsp3) is 0.550. The zero-order chi connectivity index (χ0) is 16.9. The van der Waals surface area contributed by atoms with Crippen LogP contribution in [0.3, 0.4) is 0 Å². The standard InChI is InChI=1S/C20H27NO3/c1-14-17(9-6-10-18(14)22)21-15-11-12-19(23-2)20(13-15)24-16-7-4-3-5-8-16/h11-13,16,21H,3-10H2,1-2H3. The number of hydrogen-bond acceptors (Lipinski definition) is 4. The average Bonchev–Trinajstić information content (AvgIpc) is 2.60. The van der Waals surface area contributed by atoms with Gasteiger partial charge < -0.3 is 14.8 Å². The molecule has 0 radical (unpaired) electrons. The van der Waals surface area contributed by atoms with E-state index in [4.69, 9.17) is 9.47 Å². The lowest BCUT2D eigenvalue weighted by molar-refractivity contribution is -0.116. The Morgan fingerprint density at radius 2 is 1.83 bits per heavy atom. The minimum absolute atomic E-state index is 0.246. The molecule has 0 amide bonds. The van der Waals surface area contributed by atoms with Crippen LogP contribution in [0.1, 0.15) is 58.3 Å². The smallest absolute Gasteiger partial charge is 0.163 e. The lowest BCUT2D eigenvalue weighted by Crippen LogP contribution is -2.20. The molecule has 4 heteroatoms. The Morgan fingerprint density at radius 1 is 1.04 bits per heavy atom. The summed E-state index contributed by atoms with van der Waals surface area (Å²) in [5.74, 6) is 1.79. The zero-order valence-electron chi connectivity index (χ0n) is 14.7. The van der Waals surface area contributed by atoms with E-state index in [-0.39, 0.29) is 11.9 Å². The molecule has 1 N–H and O–H groups in total. The highest BCUT2D eigenvalue weighted by atomic mass is 16.5. The second-order valence-electron chi connectivity index (χ2n) is 6.75. The number of methoxy groups -OCH3 is 1. The van der Waals surface area contributed by atoms with Crippen LogP contribution >= 0.6 is 0 Å². The van der Waals surface area contributed by atoms with Crippen molar-refractivity contribution in [3.8, 4) is 11.5 Å². The molecule has 0 unspecified atom stereocenters. The molecule has 2 aliphatic rings. The highest BCUT2D eigenvalue weighted by molar-refractivity contribution is 5.96. The second-order valence-corrected chi connectivity index (χ2v) is 6.75. The summed E-state index contributed by atoms with van der Waals surface area (Å²) in [4.78, 5) is 11.9. The number of ether oxygens (including phenoxy) is 2. The van der Waals surface area contributed by atoms with E-state index in [2.05, 4.69) is 5.32 Å². The van der Waals surface area contributed by atoms with E-state index in [1.165, 1.54) is 19.3 Å². The van der Waals surface area contributed by atoms with Crippen LogP contribution in [0, 0.1) is 0 Å². The third kappa shape index (κ3) is 3.92. The van der Waals surface area contributed by atoms with Gasteiger partial charge in [-0.2, -0.15) is 0 Å². The number of ketones is 1. The van der Waals surface area contributed by atoms with Gasteiger partial charge in [0, 0.05) is 29.4 Å². The summed E-state index contributed by atoms with van der Waals surface area (Å²) < 4.78 is 11.7. The third-order valence-corrected chi connectivity index (χ3v) is 5.01. The van der Waals surface area contributed by atoms with Crippen LogP contribution in [0.25, 0.3) is 0 Å². The van der Waals surface area contributed by atoms with Gasteiger partial charge in [0.1, 0.15) is 0 Å². The summed E-state index contributed by atoms with van der Waals surface area (Å²) in [6.45, 7) is 1.91. The number of hydrogen-bond donors (Lipinski definition) is 1. The molecule has 0 bridgehead atoms. The van der Waals surface area contributed by atoms with Crippen LogP contribution in [0.4, 0.5) is 5.69 Å². The van der Waals surface area contributed by atoms with E-state index < -0.39 is 0 Å². The quantitative estimate of drug-likeness (QED) is 0.839. The maximum Gasteiger partial charge on any atom is 0.163 e. The molecular weight excluding hydrogens is 302 g/mol. The number of benzene rings is 1. The van der Waals surface area contributed by atoms with E-state index in [0.29, 0.717) is 6.42 Å². The lowest BCUT2D eigenvalue weighted by atomic mass is 9.96. The molecule has 4 nitrogen and oxygen atoms in total. The molecule has 1 aromatic rings. The SMILES string of the molecule is COc1ccc(NC2=C(C)C(=O)CCC2)cc1OC1CCCCC1. The molecule has 1 saturated carbocycles. The lowest BCUT2D eigenvalue weighted by Gasteiger charge is -2.25. The summed E-state index contributed by atoms with van der Waals surface area (Å²) in [7, 11) is 1.67. The molecule has 2 aliphatic carbocycles. The molecule has 3 rings (SSSR count). The number of allylic oxidation sites excluding steroid dienone is 2.